The molecular weight excluding hydrogens is 236 g/mol. The van der Waals surface area contributed by atoms with E-state index in [1.165, 1.54) is 11.1 Å². The minimum absolute atomic E-state index is 0.134. The molecular formula is C15H20N4. The van der Waals surface area contributed by atoms with Gasteiger partial charge < -0.3 is 5.73 Å². The Balaban J connectivity index is 1.88. The van der Waals surface area contributed by atoms with E-state index >= 15 is 0 Å². The molecule has 0 bridgehead atoms. The van der Waals surface area contributed by atoms with Gasteiger partial charge in [-0.05, 0) is 42.3 Å². The molecule has 2 aromatic rings. The number of aryl methyl sites for hydroxylation is 2. The summed E-state index contributed by atoms with van der Waals surface area (Å²) in [5, 5.41) is 4.16. The van der Waals surface area contributed by atoms with Crippen molar-refractivity contribution >= 4 is 0 Å². The number of nitrogens with zero attached hydrogens (tertiary/aromatic N) is 3. The van der Waals surface area contributed by atoms with Gasteiger partial charge in [-0.3, -0.25) is 4.68 Å². The fraction of sp³-hybridized carbons (Fsp3) is 0.467. The first kappa shape index (κ1) is 12.4. The maximum atomic E-state index is 6.10. The Morgan fingerprint density at radius 1 is 1.32 bits per heavy atom. The van der Waals surface area contributed by atoms with E-state index in [9.17, 15) is 0 Å². The number of hydrogen-bond acceptors (Lipinski definition) is 3. The largest absolute Gasteiger partial charge is 0.330 e. The van der Waals surface area contributed by atoms with Gasteiger partial charge in [-0.25, -0.2) is 4.98 Å². The Morgan fingerprint density at radius 2 is 2.11 bits per heavy atom. The van der Waals surface area contributed by atoms with E-state index in [1.54, 1.807) is 6.33 Å². The van der Waals surface area contributed by atoms with Crippen molar-refractivity contribution in [1.29, 1.82) is 0 Å². The monoisotopic (exact) mass is 256 g/mol. The molecule has 0 spiro atoms. The highest BCUT2D eigenvalue weighted by atomic mass is 15.3. The zero-order valence-electron chi connectivity index (χ0n) is 11.3. The van der Waals surface area contributed by atoms with Crippen molar-refractivity contribution in [3.05, 3.63) is 47.5 Å². The number of rotatable bonds is 3. The smallest absolute Gasteiger partial charge is 0.138 e. The molecule has 0 saturated heterocycles. The molecule has 1 atom stereocenters. The fourth-order valence-corrected chi connectivity index (χ4v) is 3.08. The Kier molecular flexibility index (Phi) is 3.11. The summed E-state index contributed by atoms with van der Waals surface area (Å²) in [6.07, 6.45) is 5.83. The van der Waals surface area contributed by atoms with Crippen LogP contribution in [0.4, 0.5) is 0 Å². The van der Waals surface area contributed by atoms with E-state index < -0.39 is 0 Å². The Hall–Kier alpha value is -1.68. The lowest BCUT2D eigenvalue weighted by Crippen LogP contribution is -2.39. The van der Waals surface area contributed by atoms with Gasteiger partial charge >= 0.3 is 0 Å². The second-order valence-corrected chi connectivity index (χ2v) is 5.63. The predicted molar refractivity (Wildman–Crippen MR) is 74.7 cm³/mol. The Labute approximate surface area is 113 Å². The van der Waals surface area contributed by atoms with Crippen molar-refractivity contribution in [2.75, 3.05) is 6.54 Å². The van der Waals surface area contributed by atoms with Gasteiger partial charge in [-0.1, -0.05) is 24.3 Å². The van der Waals surface area contributed by atoms with Crippen molar-refractivity contribution < 1.29 is 0 Å². The minimum Gasteiger partial charge on any atom is -0.330 e. The maximum Gasteiger partial charge on any atom is 0.138 e. The van der Waals surface area contributed by atoms with Crippen molar-refractivity contribution in [3.8, 4) is 0 Å². The number of aromatic nitrogens is 3. The highest BCUT2D eigenvalue weighted by Gasteiger charge is 2.34. The summed E-state index contributed by atoms with van der Waals surface area (Å²) in [6.45, 7) is 0.703. The van der Waals surface area contributed by atoms with Crippen LogP contribution in [0, 0.1) is 5.41 Å². The van der Waals surface area contributed by atoms with Gasteiger partial charge in [0.25, 0.3) is 0 Å². The molecule has 0 amide bonds. The quantitative estimate of drug-likeness (QED) is 0.905. The molecule has 1 heterocycles. The molecule has 4 heteroatoms. The zero-order valence-corrected chi connectivity index (χ0v) is 11.3. The number of hydrogen-bond donors (Lipinski definition) is 1. The van der Waals surface area contributed by atoms with Gasteiger partial charge in [0.1, 0.15) is 12.2 Å². The SMILES string of the molecule is Cn1ncnc1CC1(CN)CCc2ccccc2C1. The maximum absolute atomic E-state index is 6.10. The lowest BCUT2D eigenvalue weighted by Gasteiger charge is -2.37. The lowest BCUT2D eigenvalue weighted by molar-refractivity contribution is 0.246. The van der Waals surface area contributed by atoms with E-state index in [1.807, 2.05) is 11.7 Å². The van der Waals surface area contributed by atoms with Crippen LogP contribution in [0.15, 0.2) is 30.6 Å². The van der Waals surface area contributed by atoms with Gasteiger partial charge in [0, 0.05) is 13.5 Å². The van der Waals surface area contributed by atoms with Gasteiger partial charge in [-0.2, -0.15) is 5.10 Å². The summed E-state index contributed by atoms with van der Waals surface area (Å²) in [5.74, 6) is 1.03. The van der Waals surface area contributed by atoms with Gasteiger partial charge in [0.2, 0.25) is 0 Å². The van der Waals surface area contributed by atoms with Crippen LogP contribution >= 0.6 is 0 Å². The summed E-state index contributed by atoms with van der Waals surface area (Å²) in [7, 11) is 1.95. The summed E-state index contributed by atoms with van der Waals surface area (Å²) in [6, 6.07) is 8.71. The van der Waals surface area contributed by atoms with Crippen LogP contribution in [-0.4, -0.2) is 21.3 Å². The van der Waals surface area contributed by atoms with Crippen LogP contribution in [-0.2, 0) is 26.3 Å². The van der Waals surface area contributed by atoms with E-state index in [0.717, 1.165) is 31.5 Å². The van der Waals surface area contributed by atoms with E-state index in [0.29, 0.717) is 6.54 Å². The molecule has 0 radical (unpaired) electrons. The van der Waals surface area contributed by atoms with Crippen LogP contribution in [0.2, 0.25) is 0 Å². The Bertz CT molecular complexity index is 575. The second kappa shape index (κ2) is 4.78. The highest BCUT2D eigenvalue weighted by molar-refractivity contribution is 5.31. The second-order valence-electron chi connectivity index (χ2n) is 5.63. The third kappa shape index (κ3) is 2.28. The van der Waals surface area contributed by atoms with Crippen LogP contribution < -0.4 is 5.73 Å². The molecule has 4 nitrogen and oxygen atoms in total. The summed E-state index contributed by atoms with van der Waals surface area (Å²) in [4.78, 5) is 4.36. The summed E-state index contributed by atoms with van der Waals surface area (Å²) >= 11 is 0. The topological polar surface area (TPSA) is 56.7 Å². The van der Waals surface area contributed by atoms with E-state index in [2.05, 4.69) is 34.3 Å². The molecule has 1 aliphatic carbocycles. The number of fused-ring (bicyclic) bond motifs is 1. The number of benzene rings is 1. The first-order chi connectivity index (χ1) is 9.22. The summed E-state index contributed by atoms with van der Waals surface area (Å²) in [5.41, 5.74) is 9.16. The Morgan fingerprint density at radius 3 is 2.79 bits per heavy atom. The van der Waals surface area contributed by atoms with Crippen LogP contribution in [0.3, 0.4) is 0 Å². The summed E-state index contributed by atoms with van der Waals surface area (Å²) < 4.78 is 1.86. The fourth-order valence-electron chi connectivity index (χ4n) is 3.08. The van der Waals surface area contributed by atoms with Gasteiger partial charge in [-0.15, -0.1) is 0 Å². The zero-order chi connectivity index (χ0) is 13.3. The molecule has 0 aliphatic heterocycles. The normalized spacial score (nSPS) is 22.2. The van der Waals surface area contributed by atoms with Gasteiger partial charge in [0.15, 0.2) is 0 Å². The van der Waals surface area contributed by atoms with Crippen LogP contribution in [0.1, 0.15) is 23.4 Å². The third-order valence-electron chi connectivity index (χ3n) is 4.38. The minimum atomic E-state index is 0.134. The number of nitrogens with two attached hydrogens (primary N) is 1. The molecule has 1 unspecified atom stereocenters. The van der Waals surface area contributed by atoms with Crippen molar-refractivity contribution in [3.63, 3.8) is 0 Å². The molecule has 3 rings (SSSR count). The molecule has 1 aliphatic rings. The average Bonchev–Trinajstić information content (AvgIpc) is 2.84. The molecule has 2 N–H and O–H groups in total. The standard InChI is InChI=1S/C15H20N4/c1-19-14(17-11-18-19)9-15(10-16)7-6-12-4-2-3-5-13(12)8-15/h2-5,11H,6-10,16H2,1H3. The van der Waals surface area contributed by atoms with Gasteiger partial charge in [0.05, 0.1) is 0 Å². The first-order valence-corrected chi connectivity index (χ1v) is 6.82. The highest BCUT2D eigenvalue weighted by Crippen LogP contribution is 2.37. The molecule has 1 aromatic heterocycles. The average molecular weight is 256 g/mol. The first-order valence-electron chi connectivity index (χ1n) is 6.82. The molecule has 0 fully saturated rings. The van der Waals surface area contributed by atoms with Crippen LogP contribution in [0.5, 0.6) is 0 Å². The van der Waals surface area contributed by atoms with E-state index in [-0.39, 0.29) is 5.41 Å². The molecule has 1 aromatic carbocycles. The predicted octanol–water partition coefficient (Wildman–Crippen LogP) is 1.49. The van der Waals surface area contributed by atoms with Crippen LogP contribution in [0.25, 0.3) is 0 Å². The van der Waals surface area contributed by atoms with Crippen molar-refractivity contribution in [2.45, 2.75) is 25.7 Å². The van der Waals surface area contributed by atoms with E-state index in [4.69, 9.17) is 5.73 Å². The molecule has 0 saturated carbocycles. The lowest BCUT2D eigenvalue weighted by atomic mass is 9.69. The molecule has 19 heavy (non-hydrogen) atoms. The van der Waals surface area contributed by atoms with Crippen molar-refractivity contribution in [1.82, 2.24) is 14.8 Å². The molecule has 100 valence electrons. The van der Waals surface area contributed by atoms with Crippen molar-refractivity contribution in [2.24, 2.45) is 18.2 Å². The third-order valence-corrected chi connectivity index (χ3v) is 4.38.